The monoisotopic (exact) mass is 283 g/mol. The van der Waals surface area contributed by atoms with Crippen molar-refractivity contribution >= 4 is 21.8 Å². The molecule has 16 heavy (non-hydrogen) atoms. The summed E-state index contributed by atoms with van der Waals surface area (Å²) in [6, 6.07) is 10.1. The molecule has 0 bridgehead atoms. The Bertz CT molecular complexity index is 343. The van der Waals surface area contributed by atoms with Gasteiger partial charge < -0.3 is 5.32 Å². The quantitative estimate of drug-likeness (QED) is 0.848. The van der Waals surface area contributed by atoms with Crippen LogP contribution in [0.5, 0.6) is 0 Å². The number of hydrogen-bond donors (Lipinski definition) is 1. The van der Waals surface area contributed by atoms with E-state index in [-0.39, 0.29) is 17.4 Å². The minimum absolute atomic E-state index is 0.000810. The number of benzene rings is 1. The lowest BCUT2D eigenvalue weighted by atomic mass is 9.82. The van der Waals surface area contributed by atoms with Crippen molar-refractivity contribution < 1.29 is 4.79 Å². The molecule has 0 saturated carbocycles. The van der Waals surface area contributed by atoms with Gasteiger partial charge in [-0.15, -0.1) is 0 Å². The van der Waals surface area contributed by atoms with Crippen LogP contribution in [0.25, 0.3) is 0 Å². The van der Waals surface area contributed by atoms with E-state index in [2.05, 4.69) is 42.0 Å². The zero-order valence-electron chi connectivity index (χ0n) is 9.96. The molecule has 0 spiro atoms. The van der Waals surface area contributed by atoms with Gasteiger partial charge in [-0.25, -0.2) is 0 Å². The molecule has 1 aromatic rings. The summed E-state index contributed by atoms with van der Waals surface area (Å²) in [4.78, 5) is 11.5. The van der Waals surface area contributed by atoms with Crippen molar-refractivity contribution in [3.8, 4) is 0 Å². The lowest BCUT2D eigenvalue weighted by Crippen LogP contribution is -2.37. The molecular formula is C13H18BrNO. The Morgan fingerprint density at radius 2 is 1.88 bits per heavy atom. The Kier molecular flexibility index (Phi) is 4.54. The number of rotatable bonds is 3. The van der Waals surface area contributed by atoms with Gasteiger partial charge in [-0.3, -0.25) is 4.79 Å². The molecular weight excluding hydrogens is 266 g/mol. The molecule has 1 amide bonds. The van der Waals surface area contributed by atoms with Crippen LogP contribution in [0.15, 0.2) is 30.3 Å². The van der Waals surface area contributed by atoms with Crippen molar-refractivity contribution in [1.82, 2.24) is 5.32 Å². The SMILES string of the molecule is CC(C)(C)C(NC(=O)CBr)c1ccccc1. The summed E-state index contributed by atoms with van der Waals surface area (Å²) < 4.78 is 0. The summed E-state index contributed by atoms with van der Waals surface area (Å²) in [6.45, 7) is 6.37. The molecule has 0 aliphatic heterocycles. The van der Waals surface area contributed by atoms with Crippen LogP contribution in [0.4, 0.5) is 0 Å². The minimum Gasteiger partial charge on any atom is -0.348 e. The molecule has 1 rings (SSSR count). The Morgan fingerprint density at radius 1 is 1.31 bits per heavy atom. The fourth-order valence-corrected chi connectivity index (χ4v) is 1.81. The van der Waals surface area contributed by atoms with Gasteiger partial charge in [-0.2, -0.15) is 0 Å². The van der Waals surface area contributed by atoms with E-state index in [1.807, 2.05) is 30.3 Å². The van der Waals surface area contributed by atoms with Crippen molar-refractivity contribution in [2.75, 3.05) is 5.33 Å². The molecule has 1 N–H and O–H groups in total. The summed E-state index contributed by atoms with van der Waals surface area (Å²) >= 11 is 3.17. The summed E-state index contributed by atoms with van der Waals surface area (Å²) in [5, 5.41) is 3.38. The molecule has 88 valence electrons. The van der Waals surface area contributed by atoms with Crippen LogP contribution >= 0.6 is 15.9 Å². The topological polar surface area (TPSA) is 29.1 Å². The summed E-state index contributed by atoms with van der Waals surface area (Å²) in [5.41, 5.74) is 1.14. The first kappa shape index (κ1) is 13.2. The maximum Gasteiger partial charge on any atom is 0.231 e. The molecule has 0 radical (unpaired) electrons. The number of nitrogens with one attached hydrogen (secondary N) is 1. The van der Waals surface area contributed by atoms with E-state index in [9.17, 15) is 4.79 Å². The lowest BCUT2D eigenvalue weighted by Gasteiger charge is -2.31. The number of carbonyl (C=O) groups is 1. The average molecular weight is 284 g/mol. The van der Waals surface area contributed by atoms with Crippen LogP contribution in [0, 0.1) is 5.41 Å². The predicted octanol–water partition coefficient (Wildman–Crippen LogP) is 3.28. The van der Waals surface area contributed by atoms with Crippen molar-refractivity contribution in [3.63, 3.8) is 0 Å². The van der Waals surface area contributed by atoms with Gasteiger partial charge in [0.25, 0.3) is 0 Å². The summed E-state index contributed by atoms with van der Waals surface area (Å²) in [6.07, 6.45) is 0. The van der Waals surface area contributed by atoms with Crippen LogP contribution in [0.1, 0.15) is 32.4 Å². The first-order chi connectivity index (χ1) is 7.45. The van der Waals surface area contributed by atoms with Crippen molar-refractivity contribution in [1.29, 1.82) is 0 Å². The zero-order valence-corrected chi connectivity index (χ0v) is 11.5. The van der Waals surface area contributed by atoms with Gasteiger partial charge in [0.05, 0.1) is 11.4 Å². The molecule has 0 aliphatic carbocycles. The van der Waals surface area contributed by atoms with E-state index in [1.54, 1.807) is 0 Å². The first-order valence-corrected chi connectivity index (χ1v) is 6.47. The van der Waals surface area contributed by atoms with Gasteiger partial charge in [-0.1, -0.05) is 67.0 Å². The van der Waals surface area contributed by atoms with E-state index in [0.717, 1.165) is 5.56 Å². The second-order valence-corrected chi connectivity index (χ2v) is 5.47. The molecule has 2 nitrogen and oxygen atoms in total. The predicted molar refractivity (Wildman–Crippen MR) is 70.6 cm³/mol. The smallest absolute Gasteiger partial charge is 0.231 e. The van der Waals surface area contributed by atoms with Gasteiger partial charge in [-0.05, 0) is 11.0 Å². The van der Waals surface area contributed by atoms with Gasteiger partial charge >= 0.3 is 0 Å². The van der Waals surface area contributed by atoms with E-state index < -0.39 is 0 Å². The largest absolute Gasteiger partial charge is 0.348 e. The van der Waals surface area contributed by atoms with E-state index in [4.69, 9.17) is 0 Å². The number of alkyl halides is 1. The molecule has 0 saturated heterocycles. The molecule has 0 aromatic heterocycles. The number of halogens is 1. The first-order valence-electron chi connectivity index (χ1n) is 5.35. The van der Waals surface area contributed by atoms with Crippen molar-refractivity contribution in [2.24, 2.45) is 5.41 Å². The summed E-state index contributed by atoms with van der Waals surface area (Å²) in [5.74, 6) is 0.0174. The highest BCUT2D eigenvalue weighted by molar-refractivity contribution is 9.09. The standard InChI is InChI=1S/C13H18BrNO/c1-13(2,3)12(15-11(16)9-14)10-7-5-4-6-8-10/h4-8,12H,9H2,1-3H3,(H,15,16). The zero-order chi connectivity index (χ0) is 12.2. The van der Waals surface area contributed by atoms with Crippen LogP contribution in [-0.2, 0) is 4.79 Å². The molecule has 1 aromatic carbocycles. The van der Waals surface area contributed by atoms with Gasteiger partial charge in [0, 0.05) is 0 Å². The average Bonchev–Trinajstić information content (AvgIpc) is 2.25. The molecule has 0 aliphatic rings. The van der Waals surface area contributed by atoms with E-state index in [0.29, 0.717) is 5.33 Å². The van der Waals surface area contributed by atoms with Crippen LogP contribution < -0.4 is 5.32 Å². The Morgan fingerprint density at radius 3 is 2.31 bits per heavy atom. The number of carbonyl (C=O) groups excluding carboxylic acids is 1. The second kappa shape index (κ2) is 5.48. The molecule has 0 heterocycles. The van der Waals surface area contributed by atoms with E-state index in [1.165, 1.54) is 0 Å². The fourth-order valence-electron chi connectivity index (χ4n) is 1.64. The lowest BCUT2D eigenvalue weighted by molar-refractivity contribution is -0.120. The second-order valence-electron chi connectivity index (χ2n) is 4.91. The Balaban J connectivity index is 2.93. The van der Waals surface area contributed by atoms with Gasteiger partial charge in [0.1, 0.15) is 0 Å². The number of hydrogen-bond acceptors (Lipinski definition) is 1. The van der Waals surface area contributed by atoms with Crippen LogP contribution in [-0.4, -0.2) is 11.2 Å². The van der Waals surface area contributed by atoms with Crippen molar-refractivity contribution in [2.45, 2.75) is 26.8 Å². The fraction of sp³-hybridized carbons (Fsp3) is 0.462. The van der Waals surface area contributed by atoms with Crippen LogP contribution in [0.3, 0.4) is 0 Å². The summed E-state index contributed by atoms with van der Waals surface area (Å²) in [7, 11) is 0. The van der Waals surface area contributed by atoms with E-state index >= 15 is 0 Å². The van der Waals surface area contributed by atoms with Crippen molar-refractivity contribution in [3.05, 3.63) is 35.9 Å². The highest BCUT2D eigenvalue weighted by atomic mass is 79.9. The minimum atomic E-state index is -0.000810. The Labute approximate surface area is 106 Å². The van der Waals surface area contributed by atoms with Crippen LogP contribution in [0.2, 0.25) is 0 Å². The number of amides is 1. The molecule has 1 atom stereocenters. The highest BCUT2D eigenvalue weighted by Crippen LogP contribution is 2.32. The normalized spacial score (nSPS) is 13.2. The maximum atomic E-state index is 11.5. The molecule has 3 heteroatoms. The third-order valence-corrected chi connectivity index (χ3v) is 2.93. The Hall–Kier alpha value is -0.830. The third kappa shape index (κ3) is 3.63. The molecule has 0 fully saturated rings. The maximum absolute atomic E-state index is 11.5. The van der Waals surface area contributed by atoms with Gasteiger partial charge in [0.2, 0.25) is 5.91 Å². The van der Waals surface area contributed by atoms with Gasteiger partial charge in [0.15, 0.2) is 0 Å². The molecule has 1 unspecified atom stereocenters. The highest BCUT2D eigenvalue weighted by Gasteiger charge is 2.27. The third-order valence-electron chi connectivity index (χ3n) is 2.43.